The largest absolute Gasteiger partial charge is 0.423 e. The van der Waals surface area contributed by atoms with Gasteiger partial charge in [-0.2, -0.15) is 4.31 Å². The molecular weight excluding hydrogens is 280 g/mol. The summed E-state index contributed by atoms with van der Waals surface area (Å²) in [6, 6.07) is 7.17. The van der Waals surface area contributed by atoms with Crippen molar-refractivity contribution in [2.45, 2.75) is 17.4 Å². The van der Waals surface area contributed by atoms with Crippen molar-refractivity contribution in [3.8, 4) is 0 Å². The summed E-state index contributed by atoms with van der Waals surface area (Å²) in [4.78, 5) is 11.3. The molecule has 1 atom stereocenters. The molecule has 0 aliphatic carbocycles. The molecule has 106 valence electrons. The van der Waals surface area contributed by atoms with Gasteiger partial charge in [0.25, 0.3) is 0 Å². The molecule has 1 aliphatic rings. The van der Waals surface area contributed by atoms with Crippen LogP contribution in [0.25, 0.3) is 11.0 Å². The van der Waals surface area contributed by atoms with Crippen molar-refractivity contribution >= 4 is 21.0 Å². The maximum Gasteiger partial charge on any atom is 0.336 e. The van der Waals surface area contributed by atoms with E-state index in [1.54, 1.807) is 6.07 Å². The van der Waals surface area contributed by atoms with E-state index in [1.165, 1.54) is 28.6 Å². The summed E-state index contributed by atoms with van der Waals surface area (Å²) < 4.78 is 31.3. The molecule has 0 radical (unpaired) electrons. The van der Waals surface area contributed by atoms with E-state index >= 15 is 0 Å². The van der Waals surface area contributed by atoms with Gasteiger partial charge in [-0.15, -0.1) is 0 Å². The highest BCUT2D eigenvalue weighted by Gasteiger charge is 2.30. The normalized spacial score (nSPS) is 20.6. The molecule has 1 aromatic carbocycles. The first kappa shape index (κ1) is 13.3. The second kappa shape index (κ2) is 4.69. The predicted molar refractivity (Wildman–Crippen MR) is 73.8 cm³/mol. The van der Waals surface area contributed by atoms with Crippen LogP contribution in [-0.2, 0) is 10.0 Å². The van der Waals surface area contributed by atoms with Gasteiger partial charge in [-0.1, -0.05) is 0 Å². The van der Waals surface area contributed by atoms with Gasteiger partial charge in [0.2, 0.25) is 10.0 Å². The number of sulfonamides is 1. The Labute approximate surface area is 115 Å². The summed E-state index contributed by atoms with van der Waals surface area (Å²) >= 11 is 0. The SMILES string of the molecule is N[C@H]1CCN(S(=O)(=O)c2ccc3oc(=O)ccc3c2)C1. The molecular formula is C13H14N2O4S. The van der Waals surface area contributed by atoms with E-state index < -0.39 is 15.6 Å². The molecule has 2 aromatic rings. The van der Waals surface area contributed by atoms with Crippen molar-refractivity contribution in [1.29, 1.82) is 0 Å². The second-order valence-electron chi connectivity index (χ2n) is 4.87. The Balaban J connectivity index is 2.05. The smallest absolute Gasteiger partial charge is 0.336 e. The van der Waals surface area contributed by atoms with E-state index in [-0.39, 0.29) is 10.9 Å². The standard InChI is InChI=1S/C13H14N2O4S/c14-10-5-6-15(8-10)20(17,18)11-2-3-12-9(7-11)1-4-13(16)19-12/h1-4,7,10H,5-6,8,14H2/t10-/m0/s1. The van der Waals surface area contributed by atoms with Crippen LogP contribution in [0, 0.1) is 0 Å². The lowest BCUT2D eigenvalue weighted by atomic mass is 10.2. The molecule has 7 heteroatoms. The van der Waals surface area contributed by atoms with E-state index in [0.717, 1.165) is 0 Å². The highest BCUT2D eigenvalue weighted by Crippen LogP contribution is 2.23. The molecule has 1 aromatic heterocycles. The van der Waals surface area contributed by atoms with Crippen LogP contribution >= 0.6 is 0 Å². The minimum absolute atomic E-state index is 0.108. The molecule has 6 nitrogen and oxygen atoms in total. The van der Waals surface area contributed by atoms with Crippen LogP contribution in [-0.4, -0.2) is 31.9 Å². The Kier molecular flexibility index (Phi) is 3.12. The van der Waals surface area contributed by atoms with Crippen LogP contribution in [0.4, 0.5) is 0 Å². The fourth-order valence-corrected chi connectivity index (χ4v) is 3.88. The fraction of sp³-hybridized carbons (Fsp3) is 0.308. The van der Waals surface area contributed by atoms with Crippen LogP contribution in [0.3, 0.4) is 0 Å². The number of nitrogens with zero attached hydrogens (tertiary/aromatic N) is 1. The Bertz CT molecular complexity index is 812. The van der Waals surface area contributed by atoms with Gasteiger partial charge in [-0.05, 0) is 30.7 Å². The first-order chi connectivity index (χ1) is 9.46. The van der Waals surface area contributed by atoms with Gasteiger partial charge >= 0.3 is 5.63 Å². The minimum atomic E-state index is -3.54. The third kappa shape index (κ3) is 2.24. The molecule has 1 saturated heterocycles. The second-order valence-corrected chi connectivity index (χ2v) is 6.80. The molecule has 3 rings (SSSR count). The zero-order chi connectivity index (χ0) is 14.3. The highest BCUT2D eigenvalue weighted by atomic mass is 32.2. The summed E-state index contributed by atoms with van der Waals surface area (Å²) in [5.74, 6) is 0. The van der Waals surface area contributed by atoms with Crippen LogP contribution in [0.2, 0.25) is 0 Å². The van der Waals surface area contributed by atoms with E-state index in [1.807, 2.05) is 0 Å². The zero-order valence-electron chi connectivity index (χ0n) is 10.7. The molecule has 0 bridgehead atoms. The van der Waals surface area contributed by atoms with Gasteiger partial charge in [0.1, 0.15) is 5.58 Å². The number of fused-ring (bicyclic) bond motifs is 1. The van der Waals surface area contributed by atoms with Crippen molar-refractivity contribution in [2.75, 3.05) is 13.1 Å². The first-order valence-electron chi connectivity index (χ1n) is 6.26. The highest BCUT2D eigenvalue weighted by molar-refractivity contribution is 7.89. The third-order valence-electron chi connectivity index (χ3n) is 3.42. The maximum atomic E-state index is 12.5. The molecule has 0 saturated carbocycles. The van der Waals surface area contributed by atoms with Crippen LogP contribution in [0.5, 0.6) is 0 Å². The minimum Gasteiger partial charge on any atom is -0.423 e. The number of nitrogens with two attached hydrogens (primary N) is 1. The van der Waals surface area contributed by atoms with Crippen molar-refractivity contribution in [3.05, 3.63) is 40.8 Å². The fourth-order valence-electron chi connectivity index (χ4n) is 2.33. The maximum absolute atomic E-state index is 12.5. The van der Waals surface area contributed by atoms with Gasteiger partial charge in [0.05, 0.1) is 4.90 Å². The molecule has 1 aliphatic heterocycles. The third-order valence-corrected chi connectivity index (χ3v) is 5.28. The Morgan fingerprint density at radius 2 is 2.05 bits per heavy atom. The summed E-state index contributed by atoms with van der Waals surface area (Å²) in [5, 5.41) is 0.578. The predicted octanol–water partition coefficient (Wildman–Crippen LogP) is 0.515. The average Bonchev–Trinajstić information content (AvgIpc) is 2.85. The molecule has 0 amide bonds. The van der Waals surface area contributed by atoms with Crippen molar-refractivity contribution < 1.29 is 12.8 Å². The molecule has 2 N–H and O–H groups in total. The Morgan fingerprint density at radius 3 is 2.75 bits per heavy atom. The number of hydrogen-bond donors (Lipinski definition) is 1. The molecule has 1 fully saturated rings. The molecule has 20 heavy (non-hydrogen) atoms. The van der Waals surface area contributed by atoms with Crippen LogP contribution < -0.4 is 11.4 Å². The quantitative estimate of drug-likeness (QED) is 0.815. The van der Waals surface area contributed by atoms with Crippen LogP contribution in [0.1, 0.15) is 6.42 Å². The Hall–Kier alpha value is -1.70. The van der Waals surface area contributed by atoms with Crippen LogP contribution in [0.15, 0.2) is 44.4 Å². The van der Waals surface area contributed by atoms with Crippen molar-refractivity contribution in [1.82, 2.24) is 4.31 Å². The van der Waals surface area contributed by atoms with E-state index in [2.05, 4.69) is 0 Å². The Morgan fingerprint density at radius 1 is 1.25 bits per heavy atom. The van der Waals surface area contributed by atoms with Crippen molar-refractivity contribution in [3.63, 3.8) is 0 Å². The molecule has 0 spiro atoms. The van der Waals surface area contributed by atoms with Gasteiger partial charge in [-0.25, -0.2) is 13.2 Å². The van der Waals surface area contributed by atoms with E-state index in [9.17, 15) is 13.2 Å². The van der Waals surface area contributed by atoms with Crippen molar-refractivity contribution in [2.24, 2.45) is 5.73 Å². The topological polar surface area (TPSA) is 93.6 Å². The summed E-state index contributed by atoms with van der Waals surface area (Å²) in [6.45, 7) is 0.773. The summed E-state index contributed by atoms with van der Waals surface area (Å²) in [6.07, 6.45) is 0.668. The van der Waals surface area contributed by atoms with E-state index in [4.69, 9.17) is 10.2 Å². The van der Waals surface area contributed by atoms with Gasteiger partial charge in [0, 0.05) is 30.6 Å². The average molecular weight is 294 g/mol. The summed E-state index contributed by atoms with van der Waals surface area (Å²) in [5.41, 5.74) is 5.66. The van der Waals surface area contributed by atoms with Gasteiger partial charge in [-0.3, -0.25) is 0 Å². The summed E-state index contributed by atoms with van der Waals surface area (Å²) in [7, 11) is -3.54. The van der Waals surface area contributed by atoms with Gasteiger partial charge < -0.3 is 10.2 Å². The zero-order valence-corrected chi connectivity index (χ0v) is 11.5. The lowest BCUT2D eigenvalue weighted by Gasteiger charge is -2.16. The number of rotatable bonds is 2. The lowest BCUT2D eigenvalue weighted by molar-refractivity contribution is 0.472. The number of hydrogen-bond acceptors (Lipinski definition) is 5. The van der Waals surface area contributed by atoms with E-state index in [0.29, 0.717) is 30.5 Å². The van der Waals surface area contributed by atoms with Gasteiger partial charge in [0.15, 0.2) is 0 Å². The lowest BCUT2D eigenvalue weighted by Crippen LogP contribution is -2.31. The first-order valence-corrected chi connectivity index (χ1v) is 7.70. The monoisotopic (exact) mass is 294 g/mol. The number of benzene rings is 1. The molecule has 0 unspecified atom stereocenters. The molecule has 2 heterocycles.